The van der Waals surface area contributed by atoms with Crippen LogP contribution in [0.1, 0.15) is 31.9 Å². The maximum absolute atomic E-state index is 4.58. The minimum Gasteiger partial charge on any atom is -0.378 e. The molecule has 1 fully saturated rings. The molecule has 3 atom stereocenters. The van der Waals surface area contributed by atoms with Crippen LogP contribution < -0.4 is 20.8 Å². The Bertz CT molecular complexity index is 905. The topological polar surface area (TPSA) is 28.2 Å². The van der Waals surface area contributed by atoms with Gasteiger partial charge >= 0.3 is 0 Å². The number of anilines is 1. The fourth-order valence-corrected chi connectivity index (χ4v) is 8.12. The monoisotopic (exact) mass is 431 g/mol. The number of nitrogens with one attached hydrogen (secondary N) is 1. The van der Waals surface area contributed by atoms with Crippen molar-refractivity contribution in [3.8, 4) is 0 Å². The Morgan fingerprint density at radius 2 is 1.61 bits per heavy atom. The fourth-order valence-electron chi connectivity index (χ4n) is 4.84. The van der Waals surface area contributed by atoms with Crippen LogP contribution in [0, 0.1) is 5.92 Å². The maximum atomic E-state index is 4.58. The molecule has 0 radical (unpaired) electrons. The van der Waals surface area contributed by atoms with Crippen molar-refractivity contribution in [3.05, 3.63) is 84.7 Å². The summed E-state index contributed by atoms with van der Waals surface area (Å²) in [6.07, 6.45) is 5.87. The van der Waals surface area contributed by atoms with Gasteiger partial charge in [0.05, 0.1) is 5.69 Å². The molecule has 3 nitrogen and oxygen atoms in total. The molecule has 2 aromatic carbocycles. The highest BCUT2D eigenvalue weighted by Gasteiger charge is 2.37. The lowest BCUT2D eigenvalue weighted by Crippen LogP contribution is -2.38. The van der Waals surface area contributed by atoms with E-state index in [0.717, 1.165) is 12.2 Å². The molecule has 1 aromatic heterocycles. The van der Waals surface area contributed by atoms with Crippen molar-refractivity contribution in [2.45, 2.75) is 44.4 Å². The summed E-state index contributed by atoms with van der Waals surface area (Å²) in [6.45, 7) is 3.20. The van der Waals surface area contributed by atoms with Crippen LogP contribution in [0.5, 0.6) is 0 Å². The minimum absolute atomic E-state index is 0.365. The highest BCUT2D eigenvalue weighted by molar-refractivity contribution is 7.73. The van der Waals surface area contributed by atoms with Gasteiger partial charge in [0.1, 0.15) is 0 Å². The summed E-state index contributed by atoms with van der Waals surface area (Å²) in [7, 11) is 3.79. The lowest BCUT2D eigenvalue weighted by Gasteiger charge is -2.34. The van der Waals surface area contributed by atoms with Crippen LogP contribution in [-0.4, -0.2) is 30.8 Å². The first-order chi connectivity index (χ1) is 15.1. The Hall–Kier alpha value is -2.22. The van der Waals surface area contributed by atoms with Crippen LogP contribution in [0.15, 0.2) is 79.0 Å². The summed E-state index contributed by atoms with van der Waals surface area (Å²) in [6, 6.07) is 27.1. The van der Waals surface area contributed by atoms with Gasteiger partial charge in [-0.05, 0) is 62.0 Å². The molecular formula is C27H34N3P. The molecule has 0 amide bonds. The Labute approximate surface area is 188 Å². The Balaban J connectivity index is 1.52. The second kappa shape index (κ2) is 10.4. The molecule has 1 heterocycles. The third-order valence-electron chi connectivity index (χ3n) is 6.50. The number of nitrogens with zero attached hydrogens (tertiary/aromatic N) is 2. The van der Waals surface area contributed by atoms with Crippen molar-refractivity contribution in [2.75, 3.05) is 19.0 Å². The second-order valence-corrected chi connectivity index (χ2v) is 11.2. The van der Waals surface area contributed by atoms with Gasteiger partial charge < -0.3 is 10.2 Å². The Morgan fingerprint density at radius 3 is 2.23 bits per heavy atom. The van der Waals surface area contributed by atoms with Crippen molar-refractivity contribution in [3.63, 3.8) is 0 Å². The molecule has 1 aliphatic carbocycles. The highest BCUT2D eigenvalue weighted by atomic mass is 31.1. The van der Waals surface area contributed by atoms with Crippen LogP contribution in [-0.2, 0) is 6.54 Å². The quantitative estimate of drug-likeness (QED) is 0.513. The molecule has 1 N–H and O–H groups in total. The van der Waals surface area contributed by atoms with Gasteiger partial charge in [-0.2, -0.15) is 0 Å². The summed E-state index contributed by atoms with van der Waals surface area (Å²) in [5.74, 6) is 0.684. The van der Waals surface area contributed by atoms with E-state index in [9.17, 15) is 0 Å². The van der Waals surface area contributed by atoms with Gasteiger partial charge in [-0.15, -0.1) is 0 Å². The highest BCUT2D eigenvalue weighted by Crippen LogP contribution is 2.50. The molecule has 1 saturated carbocycles. The van der Waals surface area contributed by atoms with E-state index in [-0.39, 0.29) is 7.92 Å². The normalized spacial score (nSPS) is 19.5. The average molecular weight is 432 g/mol. The third-order valence-corrected chi connectivity index (χ3v) is 9.51. The van der Waals surface area contributed by atoms with E-state index in [4.69, 9.17) is 0 Å². The average Bonchev–Trinajstić information content (AvgIpc) is 3.29. The van der Waals surface area contributed by atoms with Crippen molar-refractivity contribution in [1.82, 2.24) is 10.3 Å². The van der Waals surface area contributed by atoms with Crippen LogP contribution in [0.4, 0.5) is 5.69 Å². The van der Waals surface area contributed by atoms with Crippen molar-refractivity contribution in [1.29, 1.82) is 0 Å². The largest absolute Gasteiger partial charge is 0.378 e. The van der Waals surface area contributed by atoms with Crippen molar-refractivity contribution in [2.24, 2.45) is 5.92 Å². The van der Waals surface area contributed by atoms with E-state index >= 15 is 0 Å². The van der Waals surface area contributed by atoms with E-state index in [1.807, 2.05) is 6.20 Å². The van der Waals surface area contributed by atoms with E-state index < -0.39 is 0 Å². The Morgan fingerprint density at radius 1 is 0.968 bits per heavy atom. The molecule has 1 aliphatic rings. The fraction of sp³-hybridized carbons (Fsp3) is 0.370. The maximum Gasteiger partial charge on any atom is 0.0562 e. The minimum atomic E-state index is -0.365. The molecule has 4 heteroatoms. The number of aromatic nitrogens is 1. The first-order valence-electron chi connectivity index (χ1n) is 11.4. The Kier molecular flexibility index (Phi) is 7.37. The zero-order valence-electron chi connectivity index (χ0n) is 18.9. The summed E-state index contributed by atoms with van der Waals surface area (Å²) in [5.41, 5.74) is 3.03. The molecular weight excluding hydrogens is 397 g/mol. The summed E-state index contributed by atoms with van der Waals surface area (Å²) >= 11 is 0. The number of hydrogen-bond acceptors (Lipinski definition) is 3. The van der Waals surface area contributed by atoms with Gasteiger partial charge in [0.25, 0.3) is 0 Å². The second-order valence-electron chi connectivity index (χ2n) is 8.77. The van der Waals surface area contributed by atoms with Crippen molar-refractivity contribution >= 4 is 24.2 Å². The molecule has 2 unspecified atom stereocenters. The number of rotatable bonds is 8. The molecule has 0 aliphatic heterocycles. The van der Waals surface area contributed by atoms with Gasteiger partial charge in [-0.3, -0.25) is 4.98 Å². The zero-order chi connectivity index (χ0) is 21.6. The molecule has 31 heavy (non-hydrogen) atoms. The van der Waals surface area contributed by atoms with E-state index in [1.54, 1.807) is 0 Å². The molecule has 0 bridgehead atoms. The first kappa shape index (κ1) is 22.0. The van der Waals surface area contributed by atoms with Crippen molar-refractivity contribution < 1.29 is 0 Å². The van der Waals surface area contributed by atoms with Gasteiger partial charge in [-0.25, -0.2) is 0 Å². The standard InChI is InChI=1S/C27H34N3P/c1-21(29-20-22-19-23(30(2)3)17-18-28-22)26-15-10-16-27(26)31(24-11-6-4-7-12-24)25-13-8-5-9-14-25/h4-9,11-14,17-19,21,26-27,29H,10,15-16,20H2,1-3H3/t21-,26?,27?/m0/s1. The number of benzene rings is 2. The smallest absolute Gasteiger partial charge is 0.0562 e. The SMILES string of the molecule is C[C@H](NCc1cc(N(C)C)ccn1)C1CCCC1P(c1ccccc1)c1ccccc1. The van der Waals surface area contributed by atoms with Gasteiger partial charge in [0, 0.05) is 38.6 Å². The summed E-state index contributed by atoms with van der Waals surface area (Å²) < 4.78 is 0. The zero-order valence-corrected chi connectivity index (χ0v) is 19.8. The predicted octanol–water partition coefficient (Wildman–Crippen LogP) is 4.93. The van der Waals surface area contributed by atoms with Gasteiger partial charge in [0.15, 0.2) is 0 Å². The van der Waals surface area contributed by atoms with E-state index in [1.165, 1.54) is 35.6 Å². The molecule has 4 rings (SSSR count). The predicted molar refractivity (Wildman–Crippen MR) is 135 cm³/mol. The number of hydrogen-bond donors (Lipinski definition) is 1. The first-order valence-corrected chi connectivity index (χ1v) is 12.8. The summed E-state index contributed by atoms with van der Waals surface area (Å²) in [4.78, 5) is 6.72. The van der Waals surface area contributed by atoms with Crippen LogP contribution in [0.2, 0.25) is 0 Å². The number of pyridine rings is 1. The lowest BCUT2D eigenvalue weighted by molar-refractivity contribution is 0.384. The molecule has 0 spiro atoms. The summed E-state index contributed by atoms with van der Waals surface area (Å²) in [5, 5.41) is 6.84. The van der Waals surface area contributed by atoms with Crippen LogP contribution in [0.25, 0.3) is 0 Å². The van der Waals surface area contributed by atoms with Crippen LogP contribution >= 0.6 is 7.92 Å². The van der Waals surface area contributed by atoms with Crippen LogP contribution in [0.3, 0.4) is 0 Å². The molecule has 162 valence electrons. The van der Waals surface area contributed by atoms with Gasteiger partial charge in [-0.1, -0.05) is 67.1 Å². The van der Waals surface area contributed by atoms with E-state index in [0.29, 0.717) is 17.6 Å². The van der Waals surface area contributed by atoms with Gasteiger partial charge in [0.2, 0.25) is 0 Å². The lowest BCUT2D eigenvalue weighted by atomic mass is 9.99. The third kappa shape index (κ3) is 5.34. The molecule has 0 saturated heterocycles. The van der Waals surface area contributed by atoms with E-state index in [2.05, 4.69) is 109 Å². The molecule has 3 aromatic rings.